The van der Waals surface area contributed by atoms with E-state index in [0.717, 1.165) is 24.2 Å². The van der Waals surface area contributed by atoms with Crippen molar-refractivity contribution in [3.8, 4) is 11.5 Å². The molecule has 3 rings (SSSR count). The van der Waals surface area contributed by atoms with Crippen LogP contribution in [0, 0.1) is 0 Å². The number of anilines is 1. The van der Waals surface area contributed by atoms with Crippen LogP contribution < -0.4 is 20.5 Å². The molecule has 3 N–H and O–H groups in total. The van der Waals surface area contributed by atoms with Gasteiger partial charge in [0, 0.05) is 11.3 Å². The highest BCUT2D eigenvalue weighted by atomic mass is 35.5. The minimum Gasteiger partial charge on any atom is -0.493 e. The molecule has 0 saturated heterocycles. The van der Waals surface area contributed by atoms with Gasteiger partial charge in [-0.2, -0.15) is 0 Å². The van der Waals surface area contributed by atoms with E-state index in [1.807, 2.05) is 25.1 Å². The quantitative estimate of drug-likeness (QED) is 0.711. The lowest BCUT2D eigenvalue weighted by Crippen LogP contribution is -2.26. The Morgan fingerprint density at radius 1 is 1.11 bits per heavy atom. The third-order valence-corrected chi connectivity index (χ3v) is 4.80. The van der Waals surface area contributed by atoms with Gasteiger partial charge in [0.05, 0.1) is 19.3 Å². The maximum absolute atomic E-state index is 12.4. The lowest BCUT2D eigenvalue weighted by molar-refractivity contribution is 0.0940. The summed E-state index contributed by atoms with van der Waals surface area (Å²) in [6, 6.07) is 12.6. The van der Waals surface area contributed by atoms with E-state index >= 15 is 0 Å². The highest BCUT2D eigenvalue weighted by Crippen LogP contribution is 2.33. The first-order chi connectivity index (χ1) is 12.6. The lowest BCUT2D eigenvalue weighted by Gasteiger charge is -2.19. The Morgan fingerprint density at radius 3 is 2.41 bits per heavy atom. The molecule has 2 aromatic carbocycles. The Kier molecular flexibility index (Phi) is 7.36. The van der Waals surface area contributed by atoms with Crippen LogP contribution in [0.1, 0.15) is 54.6 Å². The van der Waals surface area contributed by atoms with Crippen molar-refractivity contribution in [1.29, 1.82) is 0 Å². The summed E-state index contributed by atoms with van der Waals surface area (Å²) in [5, 5.41) is 3.00. The van der Waals surface area contributed by atoms with E-state index in [1.165, 1.54) is 12.8 Å². The van der Waals surface area contributed by atoms with Crippen LogP contribution in [0.25, 0.3) is 0 Å². The molecular formula is C21H27ClN2O3. The van der Waals surface area contributed by atoms with Crippen molar-refractivity contribution in [3.05, 3.63) is 53.6 Å². The van der Waals surface area contributed by atoms with E-state index in [9.17, 15) is 4.79 Å². The van der Waals surface area contributed by atoms with Crippen LogP contribution in [0.2, 0.25) is 0 Å². The zero-order chi connectivity index (χ0) is 18.5. The van der Waals surface area contributed by atoms with Gasteiger partial charge in [0.1, 0.15) is 0 Å². The average Bonchev–Trinajstić information content (AvgIpc) is 3.15. The van der Waals surface area contributed by atoms with Gasteiger partial charge in [0.25, 0.3) is 5.91 Å². The van der Waals surface area contributed by atoms with E-state index in [1.54, 1.807) is 31.4 Å². The van der Waals surface area contributed by atoms with E-state index in [-0.39, 0.29) is 30.5 Å². The molecule has 0 spiro atoms. The number of nitrogens with two attached hydrogens (primary N) is 1. The first kappa shape index (κ1) is 20.9. The third kappa shape index (κ3) is 5.30. The van der Waals surface area contributed by atoms with Crippen molar-refractivity contribution in [1.82, 2.24) is 5.32 Å². The number of halogens is 1. The van der Waals surface area contributed by atoms with Gasteiger partial charge in [-0.3, -0.25) is 4.79 Å². The minimum atomic E-state index is -0.158. The molecule has 146 valence electrons. The number of hydrogen-bond donors (Lipinski definition) is 2. The van der Waals surface area contributed by atoms with Gasteiger partial charge < -0.3 is 20.5 Å². The predicted octanol–water partition coefficient (Wildman–Crippen LogP) is 4.51. The normalized spacial score (nSPS) is 14.9. The number of carbonyl (C=O) groups is 1. The van der Waals surface area contributed by atoms with Crippen molar-refractivity contribution in [2.24, 2.45) is 0 Å². The molecule has 1 atom stereocenters. The molecule has 1 amide bonds. The number of benzene rings is 2. The molecule has 0 bridgehead atoms. The Bertz CT molecular complexity index is 759. The second-order valence-electron chi connectivity index (χ2n) is 6.75. The fraction of sp³-hybridized carbons (Fsp3) is 0.381. The van der Waals surface area contributed by atoms with Crippen LogP contribution in [-0.2, 0) is 0 Å². The second kappa shape index (κ2) is 9.51. The molecule has 5 nitrogen and oxygen atoms in total. The largest absolute Gasteiger partial charge is 0.493 e. The molecule has 27 heavy (non-hydrogen) atoms. The van der Waals surface area contributed by atoms with Gasteiger partial charge in [0.15, 0.2) is 11.5 Å². The Morgan fingerprint density at radius 2 is 1.78 bits per heavy atom. The van der Waals surface area contributed by atoms with E-state index in [4.69, 9.17) is 15.2 Å². The molecule has 1 fully saturated rings. The maximum atomic E-state index is 12.4. The summed E-state index contributed by atoms with van der Waals surface area (Å²) in [4.78, 5) is 12.4. The predicted molar refractivity (Wildman–Crippen MR) is 110 cm³/mol. The molecule has 1 aliphatic rings. The lowest BCUT2D eigenvalue weighted by atomic mass is 10.1. The smallest absolute Gasteiger partial charge is 0.251 e. The number of rotatable bonds is 6. The van der Waals surface area contributed by atoms with Gasteiger partial charge >= 0.3 is 0 Å². The summed E-state index contributed by atoms with van der Waals surface area (Å²) in [6.07, 6.45) is 4.91. The van der Waals surface area contributed by atoms with Gasteiger partial charge in [-0.05, 0) is 74.6 Å². The van der Waals surface area contributed by atoms with Crippen molar-refractivity contribution < 1.29 is 14.3 Å². The van der Waals surface area contributed by atoms with Crippen molar-refractivity contribution in [3.63, 3.8) is 0 Å². The summed E-state index contributed by atoms with van der Waals surface area (Å²) >= 11 is 0. The van der Waals surface area contributed by atoms with Crippen LogP contribution in [0.3, 0.4) is 0 Å². The van der Waals surface area contributed by atoms with Crippen molar-refractivity contribution >= 4 is 24.0 Å². The monoisotopic (exact) mass is 390 g/mol. The minimum absolute atomic E-state index is 0. The van der Waals surface area contributed by atoms with Gasteiger partial charge in [-0.15, -0.1) is 12.4 Å². The summed E-state index contributed by atoms with van der Waals surface area (Å²) in [5.41, 5.74) is 7.85. The molecule has 0 aliphatic heterocycles. The van der Waals surface area contributed by atoms with Crippen LogP contribution in [-0.4, -0.2) is 19.1 Å². The molecular weight excluding hydrogens is 364 g/mol. The second-order valence-corrected chi connectivity index (χ2v) is 6.75. The highest BCUT2D eigenvalue weighted by Gasteiger charge is 2.19. The Balaban J connectivity index is 0.00000261. The van der Waals surface area contributed by atoms with Crippen LogP contribution in [0.15, 0.2) is 42.5 Å². The van der Waals surface area contributed by atoms with Crippen LogP contribution in [0.5, 0.6) is 11.5 Å². The molecule has 0 radical (unpaired) electrons. The number of ether oxygens (including phenoxy) is 2. The molecule has 1 unspecified atom stereocenters. The first-order valence-electron chi connectivity index (χ1n) is 9.08. The number of hydrogen-bond acceptors (Lipinski definition) is 4. The van der Waals surface area contributed by atoms with Gasteiger partial charge in [-0.1, -0.05) is 6.07 Å². The van der Waals surface area contributed by atoms with Gasteiger partial charge in [-0.25, -0.2) is 0 Å². The molecule has 6 heteroatoms. The van der Waals surface area contributed by atoms with Crippen molar-refractivity contribution in [2.45, 2.75) is 44.8 Å². The molecule has 0 aromatic heterocycles. The summed E-state index contributed by atoms with van der Waals surface area (Å²) in [5.74, 6) is 1.32. The van der Waals surface area contributed by atoms with E-state index < -0.39 is 0 Å². The first-order valence-corrected chi connectivity index (χ1v) is 9.08. The Hall–Kier alpha value is -2.40. The molecule has 1 saturated carbocycles. The van der Waals surface area contributed by atoms with E-state index in [2.05, 4.69) is 5.32 Å². The maximum Gasteiger partial charge on any atom is 0.251 e. The third-order valence-electron chi connectivity index (χ3n) is 4.80. The average molecular weight is 391 g/mol. The highest BCUT2D eigenvalue weighted by molar-refractivity contribution is 5.94. The number of carbonyl (C=O) groups excluding carboxylic acids is 1. The van der Waals surface area contributed by atoms with Crippen LogP contribution >= 0.6 is 12.4 Å². The molecule has 0 heterocycles. The topological polar surface area (TPSA) is 73.6 Å². The summed E-state index contributed by atoms with van der Waals surface area (Å²) in [6.45, 7) is 1.95. The summed E-state index contributed by atoms with van der Waals surface area (Å²) < 4.78 is 11.6. The zero-order valence-electron chi connectivity index (χ0n) is 15.7. The molecule has 2 aromatic rings. The number of methoxy groups -OCH3 is 1. The van der Waals surface area contributed by atoms with Crippen LogP contribution in [0.4, 0.5) is 5.69 Å². The zero-order valence-corrected chi connectivity index (χ0v) is 16.6. The Labute approximate surface area is 166 Å². The van der Waals surface area contributed by atoms with Crippen molar-refractivity contribution in [2.75, 3.05) is 12.8 Å². The van der Waals surface area contributed by atoms with Gasteiger partial charge in [0.2, 0.25) is 0 Å². The SMILES string of the molecule is COc1cc(C(C)NC(=O)c2ccc(N)cc2)ccc1OC1CCCC1.Cl. The summed E-state index contributed by atoms with van der Waals surface area (Å²) in [7, 11) is 1.64. The number of amides is 1. The fourth-order valence-corrected chi connectivity index (χ4v) is 3.23. The van der Waals surface area contributed by atoms with E-state index in [0.29, 0.717) is 17.0 Å². The molecule has 1 aliphatic carbocycles. The number of nitrogen functional groups attached to an aromatic ring is 1. The standard InChI is InChI=1S/C21H26N2O3.ClH/c1-14(23-21(24)15-7-10-17(22)11-8-15)16-9-12-19(20(13-16)25-2)26-18-5-3-4-6-18;/h7-14,18H,3-6,22H2,1-2H3,(H,23,24);1H. The number of nitrogens with one attached hydrogen (secondary N) is 1. The fourth-order valence-electron chi connectivity index (χ4n) is 3.23.